The molecular weight excluding hydrogens is 330 g/mol. The first-order valence-electron chi connectivity index (χ1n) is 8.92. The Labute approximate surface area is 159 Å². The summed E-state index contributed by atoms with van der Waals surface area (Å²) in [6.07, 6.45) is 1.81. The topological polar surface area (TPSA) is 35.2 Å². The van der Waals surface area contributed by atoms with E-state index in [0.29, 0.717) is 0 Å². The van der Waals surface area contributed by atoms with Gasteiger partial charge in [0.1, 0.15) is 5.60 Å². The summed E-state index contributed by atoms with van der Waals surface area (Å²) in [7, 11) is 0. The third-order valence-corrected chi connectivity index (χ3v) is 4.95. The van der Waals surface area contributed by atoms with E-state index in [9.17, 15) is 0 Å². The number of benzene rings is 2. The Morgan fingerprint density at radius 2 is 1.48 bits per heavy atom. The van der Waals surface area contributed by atoms with E-state index in [0.717, 1.165) is 19.4 Å². The molecule has 25 heavy (non-hydrogen) atoms. The fourth-order valence-electron chi connectivity index (χ4n) is 3.27. The van der Waals surface area contributed by atoms with Gasteiger partial charge in [0.2, 0.25) is 0 Å². The molecule has 0 heterocycles. The van der Waals surface area contributed by atoms with Gasteiger partial charge in [-0.05, 0) is 31.4 Å². The van der Waals surface area contributed by atoms with Crippen molar-refractivity contribution < 1.29 is 4.74 Å². The van der Waals surface area contributed by atoms with E-state index in [1.165, 1.54) is 11.1 Å². The summed E-state index contributed by atoms with van der Waals surface area (Å²) in [5.74, 6) is 0.152. The van der Waals surface area contributed by atoms with Crippen LogP contribution in [0.2, 0.25) is 0 Å². The van der Waals surface area contributed by atoms with Crippen LogP contribution in [-0.4, -0.2) is 12.1 Å². The molecule has 2 atom stereocenters. The van der Waals surface area contributed by atoms with Crippen molar-refractivity contribution in [3.05, 3.63) is 71.8 Å². The molecule has 0 radical (unpaired) electrons. The van der Waals surface area contributed by atoms with Crippen molar-refractivity contribution in [1.82, 2.24) is 0 Å². The standard InChI is InChI=1S/C22H31NO.ClH/c1-5-16-24-22(18(2)21(3,4)23,20-14-10-7-11-15-20)17-19-12-8-6-9-13-19;/h6-15,18H,5,16-17,23H2,1-4H3;1H. The molecule has 138 valence electrons. The van der Waals surface area contributed by atoms with Crippen molar-refractivity contribution in [3.8, 4) is 0 Å². The first-order valence-corrected chi connectivity index (χ1v) is 8.92. The summed E-state index contributed by atoms with van der Waals surface area (Å²) in [4.78, 5) is 0. The van der Waals surface area contributed by atoms with Crippen LogP contribution in [0.3, 0.4) is 0 Å². The molecule has 2 unspecified atom stereocenters. The Hall–Kier alpha value is -1.35. The molecule has 0 aliphatic heterocycles. The van der Waals surface area contributed by atoms with E-state index in [4.69, 9.17) is 10.5 Å². The van der Waals surface area contributed by atoms with Gasteiger partial charge in [0, 0.05) is 24.5 Å². The first kappa shape index (κ1) is 21.7. The number of ether oxygens (including phenoxy) is 1. The van der Waals surface area contributed by atoms with Gasteiger partial charge in [-0.15, -0.1) is 12.4 Å². The zero-order valence-corrected chi connectivity index (χ0v) is 16.7. The SMILES string of the molecule is CCCOC(Cc1ccccc1)(c1ccccc1)C(C)C(C)(C)N.Cl. The molecular formula is C22H32ClNO. The highest BCUT2D eigenvalue weighted by atomic mass is 35.5. The molecule has 2 N–H and O–H groups in total. The average Bonchev–Trinajstić information content (AvgIpc) is 2.59. The second-order valence-electron chi connectivity index (χ2n) is 7.31. The molecule has 2 nitrogen and oxygen atoms in total. The monoisotopic (exact) mass is 361 g/mol. The number of rotatable bonds is 8. The first-order chi connectivity index (χ1) is 11.4. The number of halogens is 1. The normalized spacial score (nSPS) is 15.1. The van der Waals surface area contributed by atoms with Crippen LogP contribution in [0, 0.1) is 5.92 Å². The van der Waals surface area contributed by atoms with Crippen molar-refractivity contribution in [1.29, 1.82) is 0 Å². The van der Waals surface area contributed by atoms with Gasteiger partial charge in [-0.3, -0.25) is 0 Å². The van der Waals surface area contributed by atoms with Crippen molar-refractivity contribution in [3.63, 3.8) is 0 Å². The molecule has 0 saturated carbocycles. The number of hydrogen-bond donors (Lipinski definition) is 1. The Bertz CT molecular complexity index is 609. The quantitative estimate of drug-likeness (QED) is 0.688. The fraction of sp³-hybridized carbons (Fsp3) is 0.455. The summed E-state index contributed by atoms with van der Waals surface area (Å²) in [6.45, 7) is 9.27. The molecule has 0 aromatic heterocycles. The van der Waals surface area contributed by atoms with Gasteiger partial charge >= 0.3 is 0 Å². The van der Waals surface area contributed by atoms with Crippen molar-refractivity contribution >= 4 is 12.4 Å². The summed E-state index contributed by atoms with van der Waals surface area (Å²) >= 11 is 0. The van der Waals surface area contributed by atoms with E-state index >= 15 is 0 Å². The van der Waals surface area contributed by atoms with Gasteiger partial charge in [-0.1, -0.05) is 74.5 Å². The van der Waals surface area contributed by atoms with E-state index in [2.05, 4.69) is 88.4 Å². The van der Waals surface area contributed by atoms with Crippen LogP contribution in [-0.2, 0) is 16.8 Å². The second-order valence-corrected chi connectivity index (χ2v) is 7.31. The maximum Gasteiger partial charge on any atom is 0.101 e. The molecule has 0 amide bonds. The maximum atomic E-state index is 6.58. The minimum atomic E-state index is -0.434. The maximum absolute atomic E-state index is 6.58. The molecule has 0 saturated heterocycles. The van der Waals surface area contributed by atoms with Crippen LogP contribution >= 0.6 is 12.4 Å². The van der Waals surface area contributed by atoms with Gasteiger partial charge in [0.15, 0.2) is 0 Å². The molecule has 0 spiro atoms. The lowest BCUT2D eigenvalue weighted by Crippen LogP contribution is -2.53. The lowest BCUT2D eigenvalue weighted by atomic mass is 9.70. The Kier molecular flexibility index (Phi) is 8.14. The Balaban J connectivity index is 0.00000312. The van der Waals surface area contributed by atoms with Gasteiger partial charge in [0.05, 0.1) is 0 Å². The molecule has 0 bridgehead atoms. The summed E-state index contributed by atoms with van der Waals surface area (Å²) < 4.78 is 6.58. The highest BCUT2D eigenvalue weighted by Crippen LogP contribution is 2.41. The molecule has 2 aromatic rings. The Morgan fingerprint density at radius 3 is 1.96 bits per heavy atom. The predicted octanol–water partition coefficient (Wildman–Crippen LogP) is 5.35. The molecule has 3 heteroatoms. The third-order valence-electron chi connectivity index (χ3n) is 4.95. The van der Waals surface area contributed by atoms with Gasteiger partial charge in [-0.2, -0.15) is 0 Å². The lowest BCUT2D eigenvalue weighted by molar-refractivity contribution is -0.105. The second kappa shape index (κ2) is 9.38. The molecule has 2 aromatic carbocycles. The molecule has 0 fully saturated rings. The van der Waals surface area contributed by atoms with Gasteiger partial charge < -0.3 is 10.5 Å². The Morgan fingerprint density at radius 1 is 0.960 bits per heavy atom. The van der Waals surface area contributed by atoms with Gasteiger partial charge in [-0.25, -0.2) is 0 Å². The lowest BCUT2D eigenvalue weighted by Gasteiger charge is -2.45. The number of hydrogen-bond acceptors (Lipinski definition) is 2. The zero-order chi connectivity index (χ0) is 17.6. The third kappa shape index (κ3) is 5.31. The van der Waals surface area contributed by atoms with Crippen LogP contribution in [0.15, 0.2) is 60.7 Å². The zero-order valence-electron chi connectivity index (χ0n) is 15.9. The minimum absolute atomic E-state index is 0. The van der Waals surface area contributed by atoms with Crippen molar-refractivity contribution in [2.24, 2.45) is 11.7 Å². The summed E-state index contributed by atoms with van der Waals surface area (Å²) in [5, 5.41) is 0. The summed E-state index contributed by atoms with van der Waals surface area (Å²) in [5.41, 5.74) is 8.24. The fourth-order valence-corrected chi connectivity index (χ4v) is 3.27. The minimum Gasteiger partial charge on any atom is -0.370 e. The summed E-state index contributed by atoms with van der Waals surface area (Å²) in [6, 6.07) is 21.1. The average molecular weight is 362 g/mol. The van der Waals surface area contributed by atoms with Crippen LogP contribution in [0.5, 0.6) is 0 Å². The van der Waals surface area contributed by atoms with E-state index in [1.807, 2.05) is 0 Å². The largest absolute Gasteiger partial charge is 0.370 e. The smallest absolute Gasteiger partial charge is 0.101 e. The highest BCUT2D eigenvalue weighted by molar-refractivity contribution is 5.85. The number of nitrogens with two attached hydrogens (primary N) is 1. The van der Waals surface area contributed by atoms with Crippen molar-refractivity contribution in [2.45, 2.75) is 51.7 Å². The van der Waals surface area contributed by atoms with E-state index in [1.54, 1.807) is 0 Å². The van der Waals surface area contributed by atoms with Crippen LogP contribution < -0.4 is 5.73 Å². The molecule has 0 aliphatic rings. The van der Waals surface area contributed by atoms with E-state index < -0.39 is 5.60 Å². The highest BCUT2D eigenvalue weighted by Gasteiger charge is 2.44. The van der Waals surface area contributed by atoms with Crippen LogP contribution in [0.4, 0.5) is 0 Å². The molecule has 0 aliphatic carbocycles. The predicted molar refractivity (Wildman–Crippen MR) is 109 cm³/mol. The molecule has 2 rings (SSSR count). The van der Waals surface area contributed by atoms with Crippen molar-refractivity contribution in [2.75, 3.05) is 6.61 Å². The van der Waals surface area contributed by atoms with E-state index in [-0.39, 0.29) is 23.9 Å². The van der Waals surface area contributed by atoms with Gasteiger partial charge in [0.25, 0.3) is 0 Å². The van der Waals surface area contributed by atoms with Crippen LogP contribution in [0.1, 0.15) is 45.2 Å². The van der Waals surface area contributed by atoms with Crippen LogP contribution in [0.25, 0.3) is 0 Å².